The Labute approximate surface area is 137 Å². The second kappa shape index (κ2) is 6.88. The van der Waals surface area contributed by atoms with Crippen molar-refractivity contribution in [2.24, 2.45) is 5.92 Å². The molecule has 0 N–H and O–H groups in total. The molecule has 2 saturated heterocycles. The van der Waals surface area contributed by atoms with Gasteiger partial charge in [0.05, 0.1) is 0 Å². The maximum absolute atomic E-state index is 12.4. The number of piperazine rings is 1. The van der Waals surface area contributed by atoms with Gasteiger partial charge >= 0.3 is 0 Å². The number of amides is 1. The van der Waals surface area contributed by atoms with Gasteiger partial charge in [0.15, 0.2) is 0 Å². The number of rotatable bonds is 3. The van der Waals surface area contributed by atoms with Crippen molar-refractivity contribution in [1.82, 2.24) is 9.80 Å². The monoisotopic (exact) mass is 321 g/mol. The summed E-state index contributed by atoms with van der Waals surface area (Å²) in [6.45, 7) is 5.59. The maximum atomic E-state index is 12.4. The second-order valence-electron chi connectivity index (χ2n) is 6.47. The van der Waals surface area contributed by atoms with Gasteiger partial charge in [-0.3, -0.25) is 4.79 Å². The van der Waals surface area contributed by atoms with Gasteiger partial charge in [0, 0.05) is 49.9 Å². The second-order valence-corrected chi connectivity index (χ2v) is 6.91. The van der Waals surface area contributed by atoms with Crippen LogP contribution < -0.4 is 4.90 Å². The molecule has 1 amide bonds. The summed E-state index contributed by atoms with van der Waals surface area (Å²) < 4.78 is 0. The van der Waals surface area contributed by atoms with Gasteiger partial charge in [-0.25, -0.2) is 0 Å². The van der Waals surface area contributed by atoms with E-state index in [1.54, 1.807) is 0 Å². The van der Waals surface area contributed by atoms with E-state index < -0.39 is 0 Å². The molecule has 1 aromatic carbocycles. The summed E-state index contributed by atoms with van der Waals surface area (Å²) >= 11 is 6.05. The van der Waals surface area contributed by atoms with Crippen LogP contribution in [0.15, 0.2) is 24.3 Å². The average molecular weight is 322 g/mol. The van der Waals surface area contributed by atoms with Gasteiger partial charge < -0.3 is 14.7 Å². The first-order valence-electron chi connectivity index (χ1n) is 8.08. The predicted molar refractivity (Wildman–Crippen MR) is 90.5 cm³/mol. The van der Waals surface area contributed by atoms with Crippen molar-refractivity contribution < 1.29 is 4.79 Å². The van der Waals surface area contributed by atoms with Gasteiger partial charge in [0.2, 0.25) is 5.91 Å². The van der Waals surface area contributed by atoms with Gasteiger partial charge in [-0.15, -0.1) is 0 Å². The lowest BCUT2D eigenvalue weighted by molar-refractivity contribution is -0.132. The molecule has 0 bridgehead atoms. The molecule has 120 valence electrons. The number of halogens is 1. The van der Waals surface area contributed by atoms with Crippen LogP contribution in [0.3, 0.4) is 0 Å². The Morgan fingerprint density at radius 2 is 2.00 bits per heavy atom. The van der Waals surface area contributed by atoms with Crippen LogP contribution in [-0.4, -0.2) is 62.0 Å². The van der Waals surface area contributed by atoms with Crippen molar-refractivity contribution in [3.05, 3.63) is 29.3 Å². The van der Waals surface area contributed by atoms with E-state index in [0.29, 0.717) is 18.2 Å². The number of benzene rings is 1. The molecule has 1 atom stereocenters. The fourth-order valence-corrected chi connectivity index (χ4v) is 3.64. The third-order valence-electron chi connectivity index (χ3n) is 4.76. The van der Waals surface area contributed by atoms with Crippen molar-refractivity contribution in [3.8, 4) is 0 Å². The number of nitrogens with zero attached hydrogens (tertiary/aromatic N) is 3. The molecule has 0 aromatic heterocycles. The van der Waals surface area contributed by atoms with E-state index in [2.05, 4.69) is 22.9 Å². The van der Waals surface area contributed by atoms with Gasteiger partial charge in [0.25, 0.3) is 0 Å². The highest BCUT2D eigenvalue weighted by Gasteiger charge is 2.26. The van der Waals surface area contributed by atoms with E-state index >= 15 is 0 Å². The number of carbonyl (C=O) groups is 1. The number of likely N-dealkylation sites (tertiary alicyclic amines) is 1. The quantitative estimate of drug-likeness (QED) is 0.855. The predicted octanol–water partition coefficient (Wildman–Crippen LogP) is 2.33. The minimum Gasteiger partial charge on any atom is -0.368 e. The summed E-state index contributed by atoms with van der Waals surface area (Å²) in [6, 6.07) is 7.94. The number of hydrogen-bond donors (Lipinski definition) is 0. The van der Waals surface area contributed by atoms with Gasteiger partial charge in [-0.05, 0) is 44.1 Å². The Balaban J connectivity index is 1.50. The number of carbonyl (C=O) groups excluding carboxylic acids is 1. The van der Waals surface area contributed by atoms with Crippen LogP contribution in [0.5, 0.6) is 0 Å². The molecule has 0 aliphatic carbocycles. The molecule has 0 radical (unpaired) electrons. The van der Waals surface area contributed by atoms with E-state index in [-0.39, 0.29) is 0 Å². The normalized spacial score (nSPS) is 23.1. The standard InChI is InChI=1S/C17H24ClN3O/c1-19-6-5-14(13-19)11-17(22)21-9-7-20(8-10-21)16-4-2-3-15(18)12-16/h2-4,12,14H,5-11,13H2,1H3. The fraction of sp³-hybridized carbons (Fsp3) is 0.588. The molecular formula is C17H24ClN3O. The van der Waals surface area contributed by atoms with Crippen LogP contribution in [-0.2, 0) is 4.79 Å². The lowest BCUT2D eigenvalue weighted by Crippen LogP contribution is -2.49. The third kappa shape index (κ3) is 3.73. The van der Waals surface area contributed by atoms with Crippen molar-refractivity contribution in [3.63, 3.8) is 0 Å². The minimum absolute atomic E-state index is 0.325. The molecule has 2 aliphatic rings. The van der Waals surface area contributed by atoms with Gasteiger partial charge in [-0.1, -0.05) is 17.7 Å². The Morgan fingerprint density at radius 1 is 1.23 bits per heavy atom. The number of anilines is 1. The largest absolute Gasteiger partial charge is 0.368 e. The summed E-state index contributed by atoms with van der Waals surface area (Å²) in [5.74, 6) is 0.870. The summed E-state index contributed by atoms with van der Waals surface area (Å²) in [6.07, 6.45) is 1.87. The van der Waals surface area contributed by atoms with Crippen LogP contribution in [0.25, 0.3) is 0 Å². The molecule has 2 fully saturated rings. The molecule has 2 aliphatic heterocycles. The zero-order valence-electron chi connectivity index (χ0n) is 13.2. The highest BCUT2D eigenvalue weighted by Crippen LogP contribution is 2.22. The van der Waals surface area contributed by atoms with Crippen LogP contribution >= 0.6 is 11.6 Å². The van der Waals surface area contributed by atoms with Crippen LogP contribution in [0.1, 0.15) is 12.8 Å². The lowest BCUT2D eigenvalue weighted by atomic mass is 10.0. The van der Waals surface area contributed by atoms with E-state index in [4.69, 9.17) is 11.6 Å². The first-order chi connectivity index (χ1) is 10.6. The molecule has 0 saturated carbocycles. The Morgan fingerprint density at radius 3 is 2.64 bits per heavy atom. The lowest BCUT2D eigenvalue weighted by Gasteiger charge is -2.36. The topological polar surface area (TPSA) is 26.8 Å². The maximum Gasteiger partial charge on any atom is 0.223 e. The molecular weight excluding hydrogens is 298 g/mol. The molecule has 1 unspecified atom stereocenters. The zero-order valence-corrected chi connectivity index (χ0v) is 13.9. The van der Waals surface area contributed by atoms with E-state index in [0.717, 1.165) is 56.4 Å². The van der Waals surface area contributed by atoms with Crippen LogP contribution in [0, 0.1) is 5.92 Å². The molecule has 3 rings (SSSR count). The van der Waals surface area contributed by atoms with E-state index in [1.807, 2.05) is 23.1 Å². The Bertz CT molecular complexity index is 528. The van der Waals surface area contributed by atoms with Crippen molar-refractivity contribution >= 4 is 23.2 Å². The molecule has 2 heterocycles. The molecule has 4 nitrogen and oxygen atoms in total. The third-order valence-corrected chi connectivity index (χ3v) is 4.99. The highest BCUT2D eigenvalue weighted by molar-refractivity contribution is 6.30. The van der Waals surface area contributed by atoms with Gasteiger partial charge in [0.1, 0.15) is 0 Å². The molecule has 1 aromatic rings. The summed E-state index contributed by atoms with van der Waals surface area (Å²) in [5.41, 5.74) is 1.15. The fourth-order valence-electron chi connectivity index (χ4n) is 3.46. The number of hydrogen-bond acceptors (Lipinski definition) is 3. The Kier molecular flexibility index (Phi) is 4.89. The first-order valence-corrected chi connectivity index (χ1v) is 8.46. The Hall–Kier alpha value is -1.26. The zero-order chi connectivity index (χ0) is 15.5. The van der Waals surface area contributed by atoms with Gasteiger partial charge in [-0.2, -0.15) is 0 Å². The SMILES string of the molecule is CN1CCC(CC(=O)N2CCN(c3cccc(Cl)c3)CC2)C1. The van der Waals surface area contributed by atoms with Crippen LogP contribution in [0.2, 0.25) is 5.02 Å². The van der Waals surface area contributed by atoms with E-state index in [9.17, 15) is 4.79 Å². The molecule has 22 heavy (non-hydrogen) atoms. The van der Waals surface area contributed by atoms with Crippen molar-refractivity contribution in [2.45, 2.75) is 12.8 Å². The van der Waals surface area contributed by atoms with Crippen molar-refractivity contribution in [1.29, 1.82) is 0 Å². The molecule has 5 heteroatoms. The smallest absolute Gasteiger partial charge is 0.223 e. The summed E-state index contributed by atoms with van der Waals surface area (Å²) in [4.78, 5) is 19.1. The van der Waals surface area contributed by atoms with Crippen molar-refractivity contribution in [2.75, 3.05) is 51.2 Å². The highest BCUT2D eigenvalue weighted by atomic mass is 35.5. The minimum atomic E-state index is 0.325. The van der Waals surface area contributed by atoms with E-state index in [1.165, 1.54) is 0 Å². The summed E-state index contributed by atoms with van der Waals surface area (Å²) in [5, 5.41) is 0.765. The summed E-state index contributed by atoms with van der Waals surface area (Å²) in [7, 11) is 2.13. The average Bonchev–Trinajstić information content (AvgIpc) is 2.92. The van der Waals surface area contributed by atoms with Crippen LogP contribution in [0.4, 0.5) is 5.69 Å². The first kappa shape index (κ1) is 15.6. The molecule has 0 spiro atoms.